The Morgan fingerprint density at radius 3 is 2.71 bits per heavy atom. The number of halogens is 3. The average molecular weight is 328 g/mol. The van der Waals surface area contributed by atoms with Gasteiger partial charge in [-0.25, -0.2) is 4.39 Å². The van der Waals surface area contributed by atoms with E-state index in [4.69, 9.17) is 27.9 Å². The molecule has 21 heavy (non-hydrogen) atoms. The maximum Gasteiger partial charge on any atom is 0.142 e. The standard InChI is InChI=1S/C16H16Cl2FNO/c1-10(15-13(17)6-7-14(19)16(15)18)20-9-11-4-3-5-12(8-11)21-2/h3-8,10,20H,9H2,1-2H3. The van der Waals surface area contributed by atoms with Crippen molar-refractivity contribution in [3.05, 3.63) is 63.4 Å². The second-order valence-corrected chi connectivity index (χ2v) is 5.50. The van der Waals surface area contributed by atoms with Crippen LogP contribution in [0.25, 0.3) is 0 Å². The smallest absolute Gasteiger partial charge is 0.142 e. The Morgan fingerprint density at radius 2 is 2.00 bits per heavy atom. The van der Waals surface area contributed by atoms with Crippen LogP contribution >= 0.6 is 23.2 Å². The van der Waals surface area contributed by atoms with Crippen LogP contribution in [-0.2, 0) is 6.54 Å². The van der Waals surface area contributed by atoms with Crippen LogP contribution in [0.4, 0.5) is 4.39 Å². The lowest BCUT2D eigenvalue weighted by atomic mass is 10.1. The monoisotopic (exact) mass is 327 g/mol. The molecule has 0 bridgehead atoms. The van der Waals surface area contributed by atoms with E-state index in [0.717, 1.165) is 11.3 Å². The lowest BCUT2D eigenvalue weighted by molar-refractivity contribution is 0.414. The minimum Gasteiger partial charge on any atom is -0.497 e. The Labute approximate surface area is 133 Å². The van der Waals surface area contributed by atoms with Gasteiger partial charge < -0.3 is 10.1 Å². The summed E-state index contributed by atoms with van der Waals surface area (Å²) in [7, 11) is 1.63. The Morgan fingerprint density at radius 1 is 1.24 bits per heavy atom. The minimum atomic E-state index is -0.467. The second-order valence-electron chi connectivity index (χ2n) is 4.71. The summed E-state index contributed by atoms with van der Waals surface area (Å²) in [6.07, 6.45) is 0. The van der Waals surface area contributed by atoms with Crippen molar-refractivity contribution in [2.75, 3.05) is 7.11 Å². The first kappa shape index (κ1) is 16.1. The summed E-state index contributed by atoms with van der Waals surface area (Å²) in [4.78, 5) is 0. The molecule has 5 heteroatoms. The molecule has 0 saturated carbocycles. The molecule has 0 heterocycles. The van der Waals surface area contributed by atoms with E-state index in [0.29, 0.717) is 17.1 Å². The molecule has 0 aliphatic carbocycles. The number of hydrogen-bond donors (Lipinski definition) is 1. The van der Waals surface area contributed by atoms with Crippen molar-refractivity contribution in [3.8, 4) is 5.75 Å². The first-order chi connectivity index (χ1) is 10.0. The predicted octanol–water partition coefficient (Wildman–Crippen LogP) is 4.99. The van der Waals surface area contributed by atoms with Gasteiger partial charge in [-0.3, -0.25) is 0 Å². The molecule has 1 unspecified atom stereocenters. The van der Waals surface area contributed by atoms with Crippen LogP contribution in [0.1, 0.15) is 24.1 Å². The predicted molar refractivity (Wildman–Crippen MR) is 84.7 cm³/mol. The van der Waals surface area contributed by atoms with Gasteiger partial charge in [-0.05, 0) is 36.8 Å². The normalized spacial score (nSPS) is 12.2. The highest BCUT2D eigenvalue weighted by atomic mass is 35.5. The van der Waals surface area contributed by atoms with Crippen molar-refractivity contribution in [1.29, 1.82) is 0 Å². The van der Waals surface area contributed by atoms with Gasteiger partial charge in [-0.15, -0.1) is 0 Å². The van der Waals surface area contributed by atoms with Gasteiger partial charge >= 0.3 is 0 Å². The largest absolute Gasteiger partial charge is 0.497 e. The zero-order valence-corrected chi connectivity index (χ0v) is 13.3. The number of hydrogen-bond acceptors (Lipinski definition) is 2. The summed E-state index contributed by atoms with van der Waals surface area (Å²) in [5.41, 5.74) is 1.63. The summed E-state index contributed by atoms with van der Waals surface area (Å²) in [6, 6.07) is 10.3. The van der Waals surface area contributed by atoms with Crippen molar-refractivity contribution in [3.63, 3.8) is 0 Å². The van der Waals surface area contributed by atoms with Crippen molar-refractivity contribution >= 4 is 23.2 Å². The topological polar surface area (TPSA) is 21.3 Å². The van der Waals surface area contributed by atoms with E-state index >= 15 is 0 Å². The molecule has 2 aromatic rings. The van der Waals surface area contributed by atoms with E-state index in [1.165, 1.54) is 12.1 Å². The Bertz CT molecular complexity index is 634. The van der Waals surface area contributed by atoms with Crippen LogP contribution in [0.5, 0.6) is 5.75 Å². The summed E-state index contributed by atoms with van der Waals surface area (Å²) in [5.74, 6) is 0.329. The highest BCUT2D eigenvalue weighted by Crippen LogP contribution is 2.32. The molecule has 0 radical (unpaired) electrons. The molecule has 0 aliphatic rings. The van der Waals surface area contributed by atoms with Gasteiger partial charge in [-0.1, -0.05) is 35.3 Å². The summed E-state index contributed by atoms with van der Waals surface area (Å²) in [5, 5.41) is 3.80. The molecule has 112 valence electrons. The molecule has 0 fully saturated rings. The zero-order valence-electron chi connectivity index (χ0n) is 11.8. The summed E-state index contributed by atoms with van der Waals surface area (Å²) < 4.78 is 18.7. The Hall–Kier alpha value is -1.29. The quantitative estimate of drug-likeness (QED) is 0.781. The number of rotatable bonds is 5. The maximum atomic E-state index is 13.5. The van der Waals surface area contributed by atoms with E-state index < -0.39 is 5.82 Å². The average Bonchev–Trinajstić information content (AvgIpc) is 2.49. The Balaban J connectivity index is 2.11. The zero-order chi connectivity index (χ0) is 15.4. The molecule has 2 aromatic carbocycles. The molecular formula is C16H16Cl2FNO. The van der Waals surface area contributed by atoms with Gasteiger partial charge in [0.25, 0.3) is 0 Å². The van der Waals surface area contributed by atoms with Gasteiger partial charge in [-0.2, -0.15) is 0 Å². The van der Waals surface area contributed by atoms with E-state index in [-0.39, 0.29) is 11.1 Å². The second kappa shape index (κ2) is 7.12. The number of benzene rings is 2. The van der Waals surface area contributed by atoms with Gasteiger partial charge in [0.05, 0.1) is 12.1 Å². The maximum absolute atomic E-state index is 13.5. The molecule has 1 N–H and O–H groups in total. The van der Waals surface area contributed by atoms with Crippen LogP contribution in [0, 0.1) is 5.82 Å². The number of ether oxygens (including phenoxy) is 1. The summed E-state index contributed by atoms with van der Waals surface area (Å²) >= 11 is 12.1. The fraction of sp³-hybridized carbons (Fsp3) is 0.250. The molecule has 0 aromatic heterocycles. The van der Waals surface area contributed by atoms with Gasteiger partial charge in [0.15, 0.2) is 0 Å². The van der Waals surface area contributed by atoms with Crippen LogP contribution in [-0.4, -0.2) is 7.11 Å². The highest BCUT2D eigenvalue weighted by molar-refractivity contribution is 6.36. The molecule has 2 nitrogen and oxygen atoms in total. The summed E-state index contributed by atoms with van der Waals surface area (Å²) in [6.45, 7) is 2.49. The lowest BCUT2D eigenvalue weighted by Gasteiger charge is -2.18. The molecule has 1 atom stereocenters. The van der Waals surface area contributed by atoms with Gasteiger partial charge in [0, 0.05) is 23.2 Å². The van der Waals surface area contributed by atoms with E-state index in [9.17, 15) is 4.39 Å². The van der Waals surface area contributed by atoms with E-state index in [2.05, 4.69) is 5.32 Å². The molecule has 2 rings (SSSR count). The van der Waals surface area contributed by atoms with Crippen LogP contribution in [0.15, 0.2) is 36.4 Å². The van der Waals surface area contributed by atoms with Gasteiger partial charge in [0.2, 0.25) is 0 Å². The third-order valence-electron chi connectivity index (χ3n) is 3.26. The SMILES string of the molecule is COc1cccc(CNC(C)c2c(Cl)ccc(F)c2Cl)c1. The van der Waals surface area contributed by atoms with E-state index in [1.807, 2.05) is 31.2 Å². The van der Waals surface area contributed by atoms with Crippen molar-refractivity contribution in [1.82, 2.24) is 5.32 Å². The van der Waals surface area contributed by atoms with Crippen molar-refractivity contribution in [2.24, 2.45) is 0 Å². The van der Waals surface area contributed by atoms with Gasteiger partial charge in [0.1, 0.15) is 11.6 Å². The first-order valence-corrected chi connectivity index (χ1v) is 7.28. The van der Waals surface area contributed by atoms with Crippen LogP contribution in [0.3, 0.4) is 0 Å². The molecular weight excluding hydrogens is 312 g/mol. The fourth-order valence-electron chi connectivity index (χ4n) is 2.10. The van der Waals surface area contributed by atoms with E-state index in [1.54, 1.807) is 7.11 Å². The lowest BCUT2D eigenvalue weighted by Crippen LogP contribution is -2.19. The molecule has 0 saturated heterocycles. The van der Waals surface area contributed by atoms with Crippen LogP contribution in [0.2, 0.25) is 10.0 Å². The molecule has 0 spiro atoms. The highest BCUT2D eigenvalue weighted by Gasteiger charge is 2.16. The third-order valence-corrected chi connectivity index (χ3v) is 3.97. The van der Waals surface area contributed by atoms with Crippen molar-refractivity contribution in [2.45, 2.75) is 19.5 Å². The minimum absolute atomic E-state index is 0.0631. The fourth-order valence-corrected chi connectivity index (χ4v) is 2.79. The third kappa shape index (κ3) is 3.88. The van der Waals surface area contributed by atoms with Crippen LogP contribution < -0.4 is 10.1 Å². The van der Waals surface area contributed by atoms with Crippen molar-refractivity contribution < 1.29 is 9.13 Å². The first-order valence-electron chi connectivity index (χ1n) is 6.52. The molecule has 0 aliphatic heterocycles. The number of methoxy groups -OCH3 is 1. The number of nitrogens with one attached hydrogen (secondary N) is 1. The Kier molecular flexibility index (Phi) is 5.45. The molecule has 0 amide bonds.